The molecule has 0 spiro atoms. The number of rotatable bonds is 7. The molecule has 0 aliphatic carbocycles. The van der Waals surface area contributed by atoms with Crippen molar-refractivity contribution in [2.24, 2.45) is 0 Å². The van der Waals surface area contributed by atoms with Crippen LogP contribution in [0.4, 0.5) is 5.69 Å². The van der Waals surface area contributed by atoms with E-state index in [2.05, 4.69) is 0 Å². The lowest BCUT2D eigenvalue weighted by molar-refractivity contribution is -0.142. The molecule has 2 aromatic carbocycles. The zero-order valence-corrected chi connectivity index (χ0v) is 13.8. The Hall–Kier alpha value is -3.33. The van der Waals surface area contributed by atoms with Gasteiger partial charge in [0.2, 0.25) is 0 Å². The van der Waals surface area contributed by atoms with E-state index >= 15 is 0 Å². The van der Waals surface area contributed by atoms with Gasteiger partial charge in [0.1, 0.15) is 18.4 Å². The maximum atomic E-state index is 12.6. The Morgan fingerprint density at radius 2 is 1.76 bits per heavy atom. The first kappa shape index (κ1) is 18.0. The number of nitriles is 1. The van der Waals surface area contributed by atoms with Crippen molar-refractivity contribution in [3.05, 3.63) is 60.2 Å². The molecule has 2 rings (SSSR count). The number of benzene rings is 2. The predicted octanol–water partition coefficient (Wildman–Crippen LogP) is 2.53. The van der Waals surface area contributed by atoms with Crippen LogP contribution in [0.1, 0.15) is 12.5 Å². The molecule has 6 nitrogen and oxygen atoms in total. The smallest absolute Gasteiger partial charge is 0.326 e. The Labute approximate surface area is 146 Å². The van der Waals surface area contributed by atoms with E-state index in [4.69, 9.17) is 14.7 Å². The van der Waals surface area contributed by atoms with Gasteiger partial charge < -0.3 is 9.47 Å². The minimum atomic E-state index is -0.503. The second kappa shape index (κ2) is 9.08. The van der Waals surface area contributed by atoms with E-state index in [1.807, 2.05) is 12.1 Å². The van der Waals surface area contributed by atoms with E-state index in [0.29, 0.717) is 17.0 Å². The van der Waals surface area contributed by atoms with Crippen molar-refractivity contribution in [1.29, 1.82) is 5.26 Å². The third-order valence-corrected chi connectivity index (χ3v) is 3.32. The number of para-hydroxylation sites is 2. The van der Waals surface area contributed by atoms with E-state index in [1.54, 1.807) is 55.5 Å². The molecule has 0 radical (unpaired) electrons. The first-order valence-corrected chi connectivity index (χ1v) is 7.78. The summed E-state index contributed by atoms with van der Waals surface area (Å²) in [4.78, 5) is 25.7. The van der Waals surface area contributed by atoms with Gasteiger partial charge in [-0.2, -0.15) is 5.26 Å². The zero-order chi connectivity index (χ0) is 18.1. The molecule has 0 bridgehead atoms. The van der Waals surface area contributed by atoms with E-state index in [0.717, 1.165) is 0 Å². The van der Waals surface area contributed by atoms with Crippen molar-refractivity contribution < 1.29 is 19.1 Å². The average Bonchev–Trinajstić information content (AvgIpc) is 2.65. The monoisotopic (exact) mass is 338 g/mol. The van der Waals surface area contributed by atoms with Crippen LogP contribution in [0.25, 0.3) is 0 Å². The van der Waals surface area contributed by atoms with Gasteiger partial charge in [-0.1, -0.05) is 30.3 Å². The molecule has 0 aromatic heterocycles. The minimum Gasteiger partial charge on any atom is -0.482 e. The topological polar surface area (TPSA) is 79.6 Å². The Morgan fingerprint density at radius 1 is 1.08 bits per heavy atom. The largest absolute Gasteiger partial charge is 0.482 e. The standard InChI is InChI=1S/C19H18N2O4/c1-2-24-19(23)13-21(16-9-4-3-5-10-16)18(22)14-25-17-11-7-6-8-15(17)12-20/h3-11H,2,13-14H2,1H3. The molecule has 0 aliphatic heterocycles. The summed E-state index contributed by atoms with van der Waals surface area (Å²) in [5, 5.41) is 9.06. The molecule has 6 heteroatoms. The molecule has 0 saturated carbocycles. The molecular weight excluding hydrogens is 320 g/mol. The number of anilines is 1. The summed E-state index contributed by atoms with van der Waals surface area (Å²) in [5.74, 6) is -0.591. The second-order valence-electron chi connectivity index (χ2n) is 5.02. The van der Waals surface area contributed by atoms with Crippen LogP contribution in [0, 0.1) is 11.3 Å². The maximum absolute atomic E-state index is 12.6. The van der Waals surface area contributed by atoms with E-state index in [1.165, 1.54) is 4.90 Å². The SMILES string of the molecule is CCOC(=O)CN(C(=O)COc1ccccc1C#N)c1ccccc1. The fourth-order valence-electron chi connectivity index (χ4n) is 2.17. The van der Waals surface area contributed by atoms with Crippen LogP contribution in [-0.4, -0.2) is 31.6 Å². The normalized spacial score (nSPS) is 9.76. The maximum Gasteiger partial charge on any atom is 0.326 e. The Balaban J connectivity index is 2.12. The van der Waals surface area contributed by atoms with Crippen LogP contribution in [0.2, 0.25) is 0 Å². The molecular formula is C19H18N2O4. The molecule has 0 saturated heterocycles. The van der Waals surface area contributed by atoms with E-state index < -0.39 is 11.9 Å². The first-order valence-electron chi connectivity index (χ1n) is 7.78. The number of esters is 1. The highest BCUT2D eigenvalue weighted by molar-refractivity contribution is 5.98. The molecule has 1 amide bonds. The van der Waals surface area contributed by atoms with E-state index in [-0.39, 0.29) is 19.8 Å². The van der Waals surface area contributed by atoms with Gasteiger partial charge in [0, 0.05) is 5.69 Å². The summed E-state index contributed by atoms with van der Waals surface area (Å²) < 4.78 is 10.4. The van der Waals surface area contributed by atoms with Gasteiger partial charge in [0.05, 0.1) is 12.2 Å². The van der Waals surface area contributed by atoms with Crippen molar-refractivity contribution in [1.82, 2.24) is 0 Å². The average molecular weight is 338 g/mol. The summed E-state index contributed by atoms with van der Waals surface area (Å²) >= 11 is 0. The predicted molar refractivity (Wildman–Crippen MR) is 92.1 cm³/mol. The highest BCUT2D eigenvalue weighted by Crippen LogP contribution is 2.18. The highest BCUT2D eigenvalue weighted by Gasteiger charge is 2.20. The van der Waals surface area contributed by atoms with Gasteiger partial charge in [-0.3, -0.25) is 14.5 Å². The molecule has 0 N–H and O–H groups in total. The minimum absolute atomic E-state index is 0.208. The molecule has 0 atom stereocenters. The number of carbonyl (C=O) groups is 2. The van der Waals surface area contributed by atoms with Crippen molar-refractivity contribution in [3.63, 3.8) is 0 Å². The first-order chi connectivity index (χ1) is 12.2. The van der Waals surface area contributed by atoms with Crippen molar-refractivity contribution in [3.8, 4) is 11.8 Å². The van der Waals surface area contributed by atoms with Crippen LogP contribution in [0.5, 0.6) is 5.75 Å². The lowest BCUT2D eigenvalue weighted by Gasteiger charge is -2.22. The quantitative estimate of drug-likeness (QED) is 0.725. The summed E-state index contributed by atoms with van der Waals surface area (Å²) in [6.07, 6.45) is 0. The van der Waals surface area contributed by atoms with Crippen LogP contribution in [0.15, 0.2) is 54.6 Å². The number of hydrogen-bond acceptors (Lipinski definition) is 5. The van der Waals surface area contributed by atoms with Gasteiger partial charge in [0.15, 0.2) is 6.61 Å². The van der Waals surface area contributed by atoms with Gasteiger partial charge in [0.25, 0.3) is 5.91 Å². The number of carbonyl (C=O) groups excluding carboxylic acids is 2. The number of ether oxygens (including phenoxy) is 2. The molecule has 0 unspecified atom stereocenters. The lowest BCUT2D eigenvalue weighted by atomic mass is 10.2. The Kier molecular flexibility index (Phi) is 6.55. The number of nitrogens with zero attached hydrogens (tertiary/aromatic N) is 2. The van der Waals surface area contributed by atoms with Crippen molar-refractivity contribution in [2.75, 3.05) is 24.7 Å². The molecule has 0 fully saturated rings. The van der Waals surface area contributed by atoms with Gasteiger partial charge in [-0.25, -0.2) is 0 Å². The van der Waals surface area contributed by atoms with Gasteiger partial charge in [-0.15, -0.1) is 0 Å². The summed E-state index contributed by atoms with van der Waals surface area (Å²) in [5.41, 5.74) is 0.907. The van der Waals surface area contributed by atoms with Crippen LogP contribution >= 0.6 is 0 Å². The molecule has 25 heavy (non-hydrogen) atoms. The Bertz CT molecular complexity index is 768. The van der Waals surface area contributed by atoms with Gasteiger partial charge in [-0.05, 0) is 31.2 Å². The molecule has 128 valence electrons. The fourth-order valence-corrected chi connectivity index (χ4v) is 2.17. The molecule has 2 aromatic rings. The Morgan fingerprint density at radius 3 is 2.44 bits per heavy atom. The second-order valence-corrected chi connectivity index (χ2v) is 5.02. The number of hydrogen-bond donors (Lipinski definition) is 0. The van der Waals surface area contributed by atoms with Crippen molar-refractivity contribution >= 4 is 17.6 Å². The van der Waals surface area contributed by atoms with Crippen LogP contribution in [-0.2, 0) is 14.3 Å². The van der Waals surface area contributed by atoms with Gasteiger partial charge >= 0.3 is 5.97 Å². The zero-order valence-electron chi connectivity index (χ0n) is 13.8. The summed E-state index contributed by atoms with van der Waals surface area (Å²) in [7, 11) is 0. The van der Waals surface area contributed by atoms with Crippen LogP contribution in [0.3, 0.4) is 0 Å². The highest BCUT2D eigenvalue weighted by atomic mass is 16.5. The fraction of sp³-hybridized carbons (Fsp3) is 0.211. The summed E-state index contributed by atoms with van der Waals surface area (Å²) in [6, 6.07) is 17.5. The van der Waals surface area contributed by atoms with Crippen molar-refractivity contribution in [2.45, 2.75) is 6.92 Å². The summed E-state index contributed by atoms with van der Waals surface area (Å²) in [6.45, 7) is 1.43. The van der Waals surface area contributed by atoms with E-state index in [9.17, 15) is 9.59 Å². The van der Waals surface area contributed by atoms with Crippen LogP contribution < -0.4 is 9.64 Å². The molecule has 0 heterocycles. The third kappa shape index (κ3) is 5.08. The third-order valence-electron chi connectivity index (χ3n) is 3.32. The lowest BCUT2D eigenvalue weighted by Crippen LogP contribution is -2.39. The molecule has 0 aliphatic rings. The number of amides is 1.